The van der Waals surface area contributed by atoms with Crippen LogP contribution in [0.1, 0.15) is 24.1 Å². The van der Waals surface area contributed by atoms with Crippen LogP contribution in [0.15, 0.2) is 36.7 Å². The summed E-state index contributed by atoms with van der Waals surface area (Å²) in [6.07, 6.45) is 3.35. The van der Waals surface area contributed by atoms with Gasteiger partial charge in [0.25, 0.3) is 0 Å². The van der Waals surface area contributed by atoms with Crippen LogP contribution in [0.2, 0.25) is 10.0 Å². The number of pyridine rings is 1. The van der Waals surface area contributed by atoms with Gasteiger partial charge in [0.05, 0.1) is 28.9 Å². The fourth-order valence-electron chi connectivity index (χ4n) is 1.79. The van der Waals surface area contributed by atoms with E-state index in [4.69, 9.17) is 33.7 Å². The molecule has 0 aliphatic carbocycles. The van der Waals surface area contributed by atoms with Gasteiger partial charge in [0.15, 0.2) is 0 Å². The smallest absolute Gasteiger partial charge is 0.137 e. The van der Waals surface area contributed by atoms with Crippen molar-refractivity contribution in [2.24, 2.45) is 5.73 Å². The number of nitrogens with zero attached hydrogens (tertiary/aromatic N) is 1. The molecule has 1 atom stereocenters. The number of aromatic nitrogens is 1. The van der Waals surface area contributed by atoms with Gasteiger partial charge in [-0.25, -0.2) is 0 Å². The SMILES string of the molecule is CCOc1cncc(C(N)c2cccc(Cl)c2Cl)c1. The van der Waals surface area contributed by atoms with Crippen molar-refractivity contribution in [1.29, 1.82) is 0 Å². The zero-order valence-electron chi connectivity index (χ0n) is 10.4. The minimum atomic E-state index is -0.390. The predicted octanol–water partition coefficient (Wildman–Crippen LogP) is 3.84. The Morgan fingerprint density at radius 1 is 1.32 bits per heavy atom. The maximum Gasteiger partial charge on any atom is 0.137 e. The number of ether oxygens (including phenoxy) is 1. The Balaban J connectivity index is 2.35. The van der Waals surface area contributed by atoms with E-state index in [1.54, 1.807) is 18.5 Å². The van der Waals surface area contributed by atoms with Crippen LogP contribution < -0.4 is 10.5 Å². The lowest BCUT2D eigenvalue weighted by Crippen LogP contribution is -2.13. The zero-order chi connectivity index (χ0) is 13.8. The van der Waals surface area contributed by atoms with Gasteiger partial charge in [-0.05, 0) is 30.2 Å². The van der Waals surface area contributed by atoms with E-state index >= 15 is 0 Å². The number of nitrogens with two attached hydrogens (primary N) is 1. The Labute approximate surface area is 122 Å². The third-order valence-corrected chi connectivity index (χ3v) is 3.55. The molecule has 1 aromatic carbocycles. The van der Waals surface area contributed by atoms with Crippen molar-refractivity contribution in [2.45, 2.75) is 13.0 Å². The molecular formula is C14H14Cl2N2O. The molecule has 0 amide bonds. The summed E-state index contributed by atoms with van der Waals surface area (Å²) in [5.74, 6) is 0.689. The van der Waals surface area contributed by atoms with Gasteiger partial charge in [0, 0.05) is 6.20 Å². The number of hydrogen-bond donors (Lipinski definition) is 1. The van der Waals surface area contributed by atoms with E-state index in [1.807, 2.05) is 25.1 Å². The summed E-state index contributed by atoms with van der Waals surface area (Å²) in [6, 6.07) is 6.88. The van der Waals surface area contributed by atoms with Crippen molar-refractivity contribution in [3.8, 4) is 5.75 Å². The molecule has 0 spiro atoms. The highest BCUT2D eigenvalue weighted by atomic mass is 35.5. The highest BCUT2D eigenvalue weighted by molar-refractivity contribution is 6.42. The molecule has 1 unspecified atom stereocenters. The summed E-state index contributed by atoms with van der Waals surface area (Å²) < 4.78 is 5.41. The van der Waals surface area contributed by atoms with E-state index in [1.165, 1.54) is 0 Å². The Hall–Kier alpha value is -1.29. The maximum atomic E-state index is 6.21. The fourth-order valence-corrected chi connectivity index (χ4v) is 2.22. The van der Waals surface area contributed by atoms with Gasteiger partial charge in [0.2, 0.25) is 0 Å². The van der Waals surface area contributed by atoms with E-state index in [0.717, 1.165) is 11.1 Å². The molecule has 0 bridgehead atoms. The average molecular weight is 297 g/mol. The normalized spacial score (nSPS) is 12.2. The minimum absolute atomic E-state index is 0.390. The van der Waals surface area contributed by atoms with Gasteiger partial charge in [0.1, 0.15) is 5.75 Å². The number of rotatable bonds is 4. The highest BCUT2D eigenvalue weighted by Gasteiger charge is 2.15. The molecule has 0 saturated heterocycles. The second-order valence-corrected chi connectivity index (χ2v) is 4.79. The van der Waals surface area contributed by atoms with Crippen molar-refractivity contribution < 1.29 is 4.74 Å². The third kappa shape index (κ3) is 3.18. The number of halogens is 2. The molecule has 1 aromatic heterocycles. The van der Waals surface area contributed by atoms with Crippen molar-refractivity contribution in [3.05, 3.63) is 57.8 Å². The lowest BCUT2D eigenvalue weighted by Gasteiger charge is -2.15. The van der Waals surface area contributed by atoms with Crippen molar-refractivity contribution in [1.82, 2.24) is 4.98 Å². The van der Waals surface area contributed by atoms with Crippen LogP contribution in [-0.4, -0.2) is 11.6 Å². The summed E-state index contributed by atoms with van der Waals surface area (Å²) in [4.78, 5) is 4.12. The Kier molecular flexibility index (Phi) is 4.64. The first-order chi connectivity index (χ1) is 9.13. The molecule has 3 nitrogen and oxygen atoms in total. The van der Waals surface area contributed by atoms with Crippen LogP contribution in [0.3, 0.4) is 0 Å². The second kappa shape index (κ2) is 6.24. The predicted molar refractivity (Wildman–Crippen MR) is 77.9 cm³/mol. The largest absolute Gasteiger partial charge is 0.492 e. The highest BCUT2D eigenvalue weighted by Crippen LogP contribution is 2.32. The summed E-state index contributed by atoms with van der Waals surface area (Å²) in [7, 11) is 0. The third-order valence-electron chi connectivity index (χ3n) is 2.72. The van der Waals surface area contributed by atoms with Crippen molar-refractivity contribution in [3.63, 3.8) is 0 Å². The number of benzene rings is 1. The van der Waals surface area contributed by atoms with Crippen LogP contribution >= 0.6 is 23.2 Å². The summed E-state index contributed by atoms with van der Waals surface area (Å²) >= 11 is 12.2. The van der Waals surface area contributed by atoms with Crippen LogP contribution in [-0.2, 0) is 0 Å². The quantitative estimate of drug-likeness (QED) is 0.933. The molecule has 2 N–H and O–H groups in total. The van der Waals surface area contributed by atoms with E-state index < -0.39 is 0 Å². The van der Waals surface area contributed by atoms with Crippen molar-refractivity contribution in [2.75, 3.05) is 6.61 Å². The Bertz CT molecular complexity index is 575. The maximum absolute atomic E-state index is 6.21. The van der Waals surface area contributed by atoms with Crippen LogP contribution in [0.25, 0.3) is 0 Å². The molecule has 2 rings (SSSR count). The lowest BCUT2D eigenvalue weighted by atomic mass is 10.0. The molecule has 5 heteroatoms. The summed E-state index contributed by atoms with van der Waals surface area (Å²) in [5, 5.41) is 0.960. The molecule has 0 saturated carbocycles. The van der Waals surface area contributed by atoms with E-state index in [-0.39, 0.29) is 6.04 Å². The molecule has 1 heterocycles. The zero-order valence-corrected chi connectivity index (χ0v) is 11.9. The molecular weight excluding hydrogens is 283 g/mol. The van der Waals surface area contributed by atoms with E-state index in [2.05, 4.69) is 4.98 Å². The van der Waals surface area contributed by atoms with Crippen LogP contribution in [0, 0.1) is 0 Å². The molecule has 0 aliphatic heterocycles. The summed E-state index contributed by atoms with van der Waals surface area (Å²) in [5.41, 5.74) is 7.81. The molecule has 0 fully saturated rings. The van der Waals surface area contributed by atoms with Gasteiger partial charge in [-0.2, -0.15) is 0 Å². The standard InChI is InChI=1S/C14H14Cl2N2O/c1-2-19-10-6-9(7-18-8-10)14(17)11-4-3-5-12(15)13(11)16/h3-8,14H,2,17H2,1H3. The van der Waals surface area contributed by atoms with Crippen LogP contribution in [0.5, 0.6) is 5.75 Å². The molecule has 2 aromatic rings. The molecule has 19 heavy (non-hydrogen) atoms. The first-order valence-electron chi connectivity index (χ1n) is 5.90. The van der Waals surface area contributed by atoms with Gasteiger partial charge in [-0.15, -0.1) is 0 Å². The van der Waals surface area contributed by atoms with Gasteiger partial charge in [-0.3, -0.25) is 4.98 Å². The average Bonchev–Trinajstić information content (AvgIpc) is 2.42. The fraction of sp³-hybridized carbons (Fsp3) is 0.214. The molecule has 100 valence electrons. The topological polar surface area (TPSA) is 48.1 Å². The van der Waals surface area contributed by atoms with Crippen molar-refractivity contribution >= 4 is 23.2 Å². The monoisotopic (exact) mass is 296 g/mol. The Morgan fingerprint density at radius 3 is 2.84 bits per heavy atom. The second-order valence-electron chi connectivity index (χ2n) is 4.01. The number of hydrogen-bond acceptors (Lipinski definition) is 3. The molecule has 0 aliphatic rings. The van der Waals surface area contributed by atoms with E-state index in [9.17, 15) is 0 Å². The Morgan fingerprint density at radius 2 is 2.11 bits per heavy atom. The minimum Gasteiger partial charge on any atom is -0.492 e. The van der Waals surface area contributed by atoms with Gasteiger partial charge in [-0.1, -0.05) is 35.3 Å². The first kappa shape index (κ1) is 14.1. The molecule has 0 radical (unpaired) electrons. The van der Waals surface area contributed by atoms with Gasteiger partial charge < -0.3 is 10.5 Å². The van der Waals surface area contributed by atoms with E-state index in [0.29, 0.717) is 22.4 Å². The summed E-state index contributed by atoms with van der Waals surface area (Å²) in [6.45, 7) is 2.50. The first-order valence-corrected chi connectivity index (χ1v) is 6.66. The lowest BCUT2D eigenvalue weighted by molar-refractivity contribution is 0.338. The van der Waals surface area contributed by atoms with Crippen LogP contribution in [0.4, 0.5) is 0 Å². The van der Waals surface area contributed by atoms with Gasteiger partial charge >= 0.3 is 0 Å².